The van der Waals surface area contributed by atoms with Gasteiger partial charge >= 0.3 is 0 Å². The first kappa shape index (κ1) is 26.9. The van der Waals surface area contributed by atoms with Gasteiger partial charge in [-0.1, -0.05) is 0 Å². The van der Waals surface area contributed by atoms with Gasteiger partial charge in [0.05, 0.1) is 30.0 Å². The monoisotopic (exact) mass is 500 g/mol. The van der Waals surface area contributed by atoms with Crippen LogP contribution in [0.15, 0.2) is 41.1 Å². The van der Waals surface area contributed by atoms with Crippen molar-refractivity contribution in [3.8, 4) is 0 Å². The molecular weight excluding hydrogens is 468 g/mol. The van der Waals surface area contributed by atoms with Crippen LogP contribution in [0.3, 0.4) is 0 Å². The first-order valence-electron chi connectivity index (χ1n) is 11.7. The Hall–Kier alpha value is -3.70. The molecule has 0 bridgehead atoms. The number of nitrogens with zero attached hydrogens (tertiary/aromatic N) is 3. The van der Waals surface area contributed by atoms with Crippen molar-refractivity contribution in [2.45, 2.75) is 38.8 Å². The Morgan fingerprint density at radius 2 is 1.89 bits per heavy atom. The molecule has 0 radical (unpaired) electrons. The minimum absolute atomic E-state index is 0.0129. The molecule has 2 aromatic heterocycles. The van der Waals surface area contributed by atoms with E-state index in [1.807, 2.05) is 42.2 Å². The van der Waals surface area contributed by atoms with Gasteiger partial charge in [-0.15, -0.1) is 0 Å². The highest BCUT2D eigenvalue weighted by Crippen LogP contribution is 2.40. The number of benzene rings is 1. The number of β-amino-alcohol motifs (C(OH)–C–C–N with tert-alkyl or cyclic N) is 1. The van der Waals surface area contributed by atoms with E-state index < -0.39 is 6.10 Å². The highest BCUT2D eigenvalue weighted by molar-refractivity contribution is 5.97. The Bertz CT molecular complexity index is 1140. The molecule has 2 aliphatic rings. The summed E-state index contributed by atoms with van der Waals surface area (Å²) in [6, 6.07) is 9.59. The van der Waals surface area contributed by atoms with E-state index in [1.54, 1.807) is 6.33 Å². The third-order valence-electron chi connectivity index (χ3n) is 6.67. The van der Waals surface area contributed by atoms with E-state index >= 15 is 0 Å². The summed E-state index contributed by atoms with van der Waals surface area (Å²) >= 11 is 0. The van der Waals surface area contributed by atoms with E-state index in [0.29, 0.717) is 18.7 Å². The Morgan fingerprint density at radius 1 is 1.19 bits per heavy atom. The lowest BCUT2D eigenvalue weighted by Crippen LogP contribution is -2.55. The number of furan rings is 1. The van der Waals surface area contributed by atoms with E-state index in [9.17, 15) is 9.90 Å². The van der Waals surface area contributed by atoms with E-state index in [2.05, 4.69) is 14.9 Å². The summed E-state index contributed by atoms with van der Waals surface area (Å²) in [5, 5.41) is 24.4. The van der Waals surface area contributed by atoms with Crippen LogP contribution in [0, 0.1) is 12.3 Å². The summed E-state index contributed by atoms with van der Waals surface area (Å²) in [6.07, 6.45) is 3.89. The van der Waals surface area contributed by atoms with Crippen LogP contribution in [0.25, 0.3) is 11.0 Å². The van der Waals surface area contributed by atoms with Crippen molar-refractivity contribution in [3.63, 3.8) is 0 Å². The topological polar surface area (TPSA) is 160 Å². The number of aliphatic hydroxyl groups excluding tert-OH is 1. The number of aryl methyl sites for hydroxylation is 1. The van der Waals surface area contributed by atoms with Gasteiger partial charge in [0.25, 0.3) is 18.9 Å². The van der Waals surface area contributed by atoms with Gasteiger partial charge in [0, 0.05) is 18.7 Å². The number of carbonyl (C=O) groups excluding carboxylic acids is 1. The van der Waals surface area contributed by atoms with E-state index in [4.69, 9.17) is 24.2 Å². The van der Waals surface area contributed by atoms with Crippen LogP contribution in [0.4, 0.5) is 0 Å². The highest BCUT2D eigenvalue weighted by atomic mass is 16.4. The number of piperidine rings is 2. The number of likely N-dealkylation sites (tertiary alicyclic amines) is 2. The third-order valence-corrected chi connectivity index (χ3v) is 6.67. The standard InChI is InChI=1S/C23H28N4O3.2CH2O2/c1-16-2-4-19(30-16)13-26-8-6-23(7-9-26)11-18(28)12-27(14-23)22(29)17-3-5-20-21(10-17)25-15-24-20;2*2-1-3/h2-5,10,15,18,28H,6-9,11-14H2,1H3,(H,24,25);2*1H,(H,2,3). The maximum absolute atomic E-state index is 13.2. The van der Waals surface area contributed by atoms with Gasteiger partial charge in [0.15, 0.2) is 0 Å². The second-order valence-corrected chi connectivity index (χ2v) is 9.18. The second-order valence-electron chi connectivity index (χ2n) is 9.18. The number of rotatable bonds is 3. The number of imidazole rings is 1. The number of fused-ring (bicyclic) bond motifs is 1. The number of hydrogen-bond donors (Lipinski definition) is 4. The fourth-order valence-corrected chi connectivity index (χ4v) is 5.10. The van der Waals surface area contributed by atoms with Crippen LogP contribution in [-0.4, -0.2) is 86.2 Å². The quantitative estimate of drug-likeness (QED) is 0.396. The Kier molecular flexibility index (Phi) is 9.20. The molecule has 0 aliphatic carbocycles. The molecular formula is C25H32N4O7. The van der Waals surface area contributed by atoms with Gasteiger partial charge in [-0.25, -0.2) is 4.98 Å². The molecule has 1 aromatic carbocycles. The zero-order valence-corrected chi connectivity index (χ0v) is 20.2. The predicted octanol–water partition coefficient (Wildman–Crippen LogP) is 2.36. The zero-order valence-electron chi connectivity index (χ0n) is 20.2. The van der Waals surface area contributed by atoms with Crippen molar-refractivity contribution in [2.75, 3.05) is 26.2 Å². The fraction of sp³-hybridized carbons (Fsp3) is 0.440. The lowest BCUT2D eigenvalue weighted by molar-refractivity contribution is -0.123. The molecule has 194 valence electrons. The van der Waals surface area contributed by atoms with Crippen molar-refractivity contribution in [3.05, 3.63) is 53.7 Å². The molecule has 11 heteroatoms. The van der Waals surface area contributed by atoms with Gasteiger partial charge < -0.3 is 29.6 Å². The van der Waals surface area contributed by atoms with Crippen molar-refractivity contribution in [2.24, 2.45) is 5.41 Å². The maximum atomic E-state index is 13.2. The molecule has 0 saturated carbocycles. The van der Waals surface area contributed by atoms with E-state index in [0.717, 1.165) is 61.5 Å². The molecule has 36 heavy (non-hydrogen) atoms. The number of carbonyl (C=O) groups is 3. The van der Waals surface area contributed by atoms with Crippen molar-refractivity contribution < 1.29 is 34.1 Å². The van der Waals surface area contributed by atoms with Gasteiger partial charge in [0.1, 0.15) is 11.5 Å². The van der Waals surface area contributed by atoms with Crippen molar-refractivity contribution >= 4 is 29.9 Å². The molecule has 5 rings (SSSR count). The van der Waals surface area contributed by atoms with Gasteiger partial charge in [-0.2, -0.15) is 0 Å². The van der Waals surface area contributed by atoms with Crippen molar-refractivity contribution in [1.82, 2.24) is 19.8 Å². The van der Waals surface area contributed by atoms with Crippen LogP contribution < -0.4 is 0 Å². The summed E-state index contributed by atoms with van der Waals surface area (Å²) < 4.78 is 5.72. The van der Waals surface area contributed by atoms with Gasteiger partial charge in [0.2, 0.25) is 0 Å². The molecule has 1 spiro atoms. The number of aliphatic hydroxyl groups is 1. The minimum atomic E-state index is -0.474. The van der Waals surface area contributed by atoms with E-state index in [1.165, 1.54) is 0 Å². The molecule has 1 amide bonds. The van der Waals surface area contributed by atoms with Crippen LogP contribution in [0.1, 0.15) is 41.1 Å². The first-order valence-corrected chi connectivity index (χ1v) is 11.7. The van der Waals surface area contributed by atoms with Gasteiger partial charge in [-0.05, 0) is 75.0 Å². The van der Waals surface area contributed by atoms with Crippen LogP contribution in [-0.2, 0) is 16.1 Å². The summed E-state index contributed by atoms with van der Waals surface area (Å²) in [6.45, 7) is 5.30. The summed E-state index contributed by atoms with van der Waals surface area (Å²) in [5.41, 5.74) is 2.33. The normalized spacial score (nSPS) is 19.1. The average Bonchev–Trinajstić information content (AvgIpc) is 3.49. The Morgan fingerprint density at radius 3 is 2.53 bits per heavy atom. The molecule has 2 aliphatic heterocycles. The smallest absolute Gasteiger partial charge is 0.290 e. The first-order chi connectivity index (χ1) is 17.3. The highest BCUT2D eigenvalue weighted by Gasteiger charge is 2.43. The number of nitrogens with one attached hydrogen (secondary N) is 1. The molecule has 1 atom stereocenters. The van der Waals surface area contributed by atoms with Crippen LogP contribution in [0.2, 0.25) is 0 Å². The number of aromatic amines is 1. The number of amides is 1. The van der Waals surface area contributed by atoms with Crippen molar-refractivity contribution in [1.29, 1.82) is 0 Å². The van der Waals surface area contributed by atoms with E-state index in [-0.39, 0.29) is 24.3 Å². The number of hydrogen-bond acceptors (Lipinski definition) is 7. The Balaban J connectivity index is 0.000000550. The largest absolute Gasteiger partial charge is 0.483 e. The molecule has 3 aromatic rings. The summed E-state index contributed by atoms with van der Waals surface area (Å²) in [7, 11) is 0. The number of aromatic nitrogens is 2. The second kappa shape index (κ2) is 12.3. The minimum Gasteiger partial charge on any atom is -0.483 e. The van der Waals surface area contributed by atoms with Gasteiger partial charge in [-0.3, -0.25) is 19.3 Å². The maximum Gasteiger partial charge on any atom is 0.290 e. The SMILES string of the molecule is Cc1ccc(CN2CCC3(CC2)CC(O)CN(C(=O)c2ccc4nc[nH]c4c2)C3)o1.O=CO.O=CO. The fourth-order valence-electron chi connectivity index (χ4n) is 5.10. The Labute approximate surface area is 208 Å². The summed E-state index contributed by atoms with van der Waals surface area (Å²) in [5.74, 6) is 1.92. The molecule has 4 N–H and O–H groups in total. The molecule has 4 heterocycles. The zero-order chi connectivity index (χ0) is 26.1. The molecule has 1 unspecified atom stereocenters. The average molecular weight is 501 g/mol. The molecule has 2 fully saturated rings. The lowest BCUT2D eigenvalue weighted by Gasteiger charge is -2.49. The van der Waals surface area contributed by atoms with Crippen LogP contribution >= 0.6 is 0 Å². The predicted molar refractivity (Wildman–Crippen MR) is 130 cm³/mol. The molecule has 2 saturated heterocycles. The third kappa shape index (κ3) is 6.70. The summed E-state index contributed by atoms with van der Waals surface area (Å²) in [4.78, 5) is 41.5. The van der Waals surface area contributed by atoms with Crippen LogP contribution in [0.5, 0.6) is 0 Å². The molecule has 11 nitrogen and oxygen atoms in total. The number of carboxylic acid groups (broad SMARTS) is 2. The number of H-pyrrole nitrogens is 1. The lowest BCUT2D eigenvalue weighted by atomic mass is 9.71.